The second-order valence-corrected chi connectivity index (χ2v) is 4.57. The fourth-order valence-electron chi connectivity index (χ4n) is 2.17. The van der Waals surface area contributed by atoms with Crippen LogP contribution in [0.4, 0.5) is 0 Å². The minimum atomic E-state index is 0.141. The zero-order chi connectivity index (χ0) is 12.5. The largest absolute Gasteiger partial charge is 0.497 e. The van der Waals surface area contributed by atoms with Crippen molar-refractivity contribution in [2.45, 2.75) is 19.6 Å². The van der Waals surface area contributed by atoms with Crippen LogP contribution in [0.2, 0.25) is 0 Å². The average Bonchev–Trinajstić information content (AvgIpc) is 2.55. The normalized spacial score (nSPS) is 18.9. The molecule has 1 atom stereocenters. The Balaban J connectivity index is 2.13. The first-order chi connectivity index (χ1) is 8.76. The van der Waals surface area contributed by atoms with Crippen LogP contribution in [0, 0.1) is 0 Å². The molecule has 0 spiro atoms. The van der Waals surface area contributed by atoms with Crippen molar-refractivity contribution in [3.63, 3.8) is 0 Å². The van der Waals surface area contributed by atoms with Crippen LogP contribution in [0.15, 0.2) is 24.3 Å². The fourth-order valence-corrected chi connectivity index (χ4v) is 2.17. The molecule has 0 aliphatic carbocycles. The Kier molecular flexibility index (Phi) is 2.80. The molecule has 1 unspecified atom stereocenters. The van der Waals surface area contributed by atoms with E-state index in [1.165, 1.54) is 0 Å². The predicted octanol–water partition coefficient (Wildman–Crippen LogP) is 2.11. The topological polar surface area (TPSA) is 43.4 Å². The number of fused-ring (bicyclic) bond motifs is 2. The molecule has 1 aromatic carbocycles. The third-order valence-corrected chi connectivity index (χ3v) is 3.12. The van der Waals surface area contributed by atoms with Gasteiger partial charge in [-0.1, -0.05) is 0 Å². The lowest BCUT2D eigenvalue weighted by Crippen LogP contribution is -2.25. The van der Waals surface area contributed by atoms with Crippen LogP contribution in [0.5, 0.6) is 11.6 Å². The van der Waals surface area contributed by atoms with Gasteiger partial charge in [-0.05, 0) is 25.1 Å². The monoisotopic (exact) mass is 244 g/mol. The van der Waals surface area contributed by atoms with E-state index in [1.807, 2.05) is 25.1 Å². The molecule has 0 fully saturated rings. The summed E-state index contributed by atoms with van der Waals surface area (Å²) < 4.78 is 11.0. The second kappa shape index (κ2) is 4.46. The van der Waals surface area contributed by atoms with Crippen LogP contribution in [0.3, 0.4) is 0 Å². The van der Waals surface area contributed by atoms with Crippen molar-refractivity contribution in [3.05, 3.63) is 29.8 Å². The summed E-state index contributed by atoms with van der Waals surface area (Å²) in [5.41, 5.74) is 2.01. The van der Waals surface area contributed by atoms with E-state index in [-0.39, 0.29) is 6.10 Å². The van der Waals surface area contributed by atoms with Gasteiger partial charge in [-0.15, -0.1) is 0 Å². The van der Waals surface area contributed by atoms with Crippen LogP contribution in [0.25, 0.3) is 10.9 Å². The van der Waals surface area contributed by atoms with Crippen molar-refractivity contribution >= 4 is 10.9 Å². The Morgan fingerprint density at radius 3 is 3.11 bits per heavy atom. The highest BCUT2D eigenvalue weighted by Crippen LogP contribution is 2.27. The molecule has 1 aromatic heterocycles. The van der Waals surface area contributed by atoms with Gasteiger partial charge in [-0.25, -0.2) is 4.98 Å². The SMILES string of the molecule is COc1ccc2cc3c(nc2c1)OC(C)CNC3. The molecule has 0 radical (unpaired) electrons. The number of rotatable bonds is 1. The van der Waals surface area contributed by atoms with Crippen molar-refractivity contribution < 1.29 is 9.47 Å². The van der Waals surface area contributed by atoms with E-state index in [0.717, 1.165) is 41.2 Å². The lowest BCUT2D eigenvalue weighted by atomic mass is 10.1. The predicted molar refractivity (Wildman–Crippen MR) is 70.1 cm³/mol. The molecule has 1 aliphatic heterocycles. The van der Waals surface area contributed by atoms with E-state index in [1.54, 1.807) is 7.11 Å². The van der Waals surface area contributed by atoms with Gasteiger partial charge in [0.05, 0.1) is 12.6 Å². The van der Waals surface area contributed by atoms with Gasteiger partial charge >= 0.3 is 0 Å². The van der Waals surface area contributed by atoms with Crippen molar-refractivity contribution in [2.24, 2.45) is 0 Å². The summed E-state index contributed by atoms with van der Waals surface area (Å²) in [6, 6.07) is 8.03. The highest BCUT2D eigenvalue weighted by molar-refractivity contribution is 5.81. The number of methoxy groups -OCH3 is 1. The molecular weight excluding hydrogens is 228 g/mol. The molecule has 3 rings (SSSR count). The first-order valence-corrected chi connectivity index (χ1v) is 6.11. The summed E-state index contributed by atoms with van der Waals surface area (Å²) in [6.07, 6.45) is 0.141. The second-order valence-electron chi connectivity index (χ2n) is 4.57. The molecule has 2 heterocycles. The summed E-state index contributed by atoms with van der Waals surface area (Å²) in [5.74, 6) is 1.54. The molecule has 4 heteroatoms. The molecule has 4 nitrogen and oxygen atoms in total. The zero-order valence-corrected chi connectivity index (χ0v) is 10.6. The number of hydrogen-bond acceptors (Lipinski definition) is 4. The van der Waals surface area contributed by atoms with Gasteiger partial charge in [0, 0.05) is 30.1 Å². The highest BCUT2D eigenvalue weighted by Gasteiger charge is 2.15. The maximum absolute atomic E-state index is 5.82. The summed E-state index contributed by atoms with van der Waals surface area (Å²) in [6.45, 7) is 3.68. The van der Waals surface area contributed by atoms with Crippen LogP contribution in [0.1, 0.15) is 12.5 Å². The van der Waals surface area contributed by atoms with Crippen molar-refractivity contribution in [3.8, 4) is 11.6 Å². The van der Waals surface area contributed by atoms with Crippen molar-refractivity contribution in [1.82, 2.24) is 10.3 Å². The number of benzene rings is 1. The Hall–Kier alpha value is -1.81. The molecule has 18 heavy (non-hydrogen) atoms. The lowest BCUT2D eigenvalue weighted by Gasteiger charge is -2.12. The minimum Gasteiger partial charge on any atom is -0.497 e. The molecule has 0 amide bonds. The van der Waals surface area contributed by atoms with E-state index in [2.05, 4.69) is 16.4 Å². The van der Waals surface area contributed by atoms with Gasteiger partial charge in [0.15, 0.2) is 0 Å². The smallest absolute Gasteiger partial charge is 0.218 e. The summed E-state index contributed by atoms with van der Waals surface area (Å²) in [4.78, 5) is 4.59. The Morgan fingerprint density at radius 1 is 1.39 bits per heavy atom. The van der Waals surface area contributed by atoms with Crippen molar-refractivity contribution in [2.75, 3.05) is 13.7 Å². The molecule has 94 valence electrons. The van der Waals surface area contributed by atoms with Gasteiger partial charge < -0.3 is 14.8 Å². The number of nitrogens with one attached hydrogen (secondary N) is 1. The number of nitrogens with zero attached hydrogens (tertiary/aromatic N) is 1. The quantitative estimate of drug-likeness (QED) is 0.834. The fraction of sp³-hybridized carbons (Fsp3) is 0.357. The molecule has 2 aromatic rings. The number of pyridine rings is 1. The van der Waals surface area contributed by atoms with Crippen LogP contribution in [-0.2, 0) is 6.54 Å². The van der Waals surface area contributed by atoms with Crippen LogP contribution in [-0.4, -0.2) is 24.7 Å². The molecule has 0 bridgehead atoms. The van der Waals surface area contributed by atoms with E-state index in [9.17, 15) is 0 Å². The Bertz CT molecular complexity index is 583. The highest BCUT2D eigenvalue weighted by atomic mass is 16.5. The maximum Gasteiger partial charge on any atom is 0.218 e. The lowest BCUT2D eigenvalue weighted by molar-refractivity contribution is 0.218. The maximum atomic E-state index is 5.82. The third-order valence-electron chi connectivity index (χ3n) is 3.12. The van der Waals surface area contributed by atoms with E-state index in [4.69, 9.17) is 9.47 Å². The summed E-state index contributed by atoms with van der Waals surface area (Å²) in [7, 11) is 1.66. The molecule has 0 saturated heterocycles. The first kappa shape index (κ1) is 11.3. The van der Waals surface area contributed by atoms with E-state index in [0.29, 0.717) is 0 Å². The van der Waals surface area contributed by atoms with Gasteiger partial charge in [-0.2, -0.15) is 0 Å². The average molecular weight is 244 g/mol. The van der Waals surface area contributed by atoms with Gasteiger partial charge in [0.25, 0.3) is 0 Å². The third kappa shape index (κ3) is 1.99. The summed E-state index contributed by atoms with van der Waals surface area (Å²) in [5, 5.41) is 4.46. The van der Waals surface area contributed by atoms with Gasteiger partial charge in [0.1, 0.15) is 11.9 Å². The van der Waals surface area contributed by atoms with Crippen molar-refractivity contribution in [1.29, 1.82) is 0 Å². The Morgan fingerprint density at radius 2 is 2.28 bits per heavy atom. The van der Waals surface area contributed by atoms with Gasteiger partial charge in [0.2, 0.25) is 5.88 Å². The van der Waals surface area contributed by atoms with Crippen LogP contribution >= 0.6 is 0 Å². The number of ether oxygens (including phenoxy) is 2. The molecule has 1 aliphatic rings. The molecule has 0 saturated carbocycles. The zero-order valence-electron chi connectivity index (χ0n) is 10.6. The van der Waals surface area contributed by atoms with Gasteiger partial charge in [-0.3, -0.25) is 0 Å². The van der Waals surface area contributed by atoms with E-state index >= 15 is 0 Å². The number of hydrogen-bond donors (Lipinski definition) is 1. The molecular formula is C14H16N2O2. The summed E-state index contributed by atoms with van der Waals surface area (Å²) >= 11 is 0. The Labute approximate surface area is 106 Å². The standard InChI is InChI=1S/C14H16N2O2/c1-9-7-15-8-11-5-10-3-4-12(17-2)6-13(10)16-14(11)18-9/h3-6,9,15H,7-8H2,1-2H3. The van der Waals surface area contributed by atoms with E-state index < -0.39 is 0 Å². The molecule has 1 N–H and O–H groups in total. The van der Waals surface area contributed by atoms with Crippen LogP contribution < -0.4 is 14.8 Å². The first-order valence-electron chi connectivity index (χ1n) is 6.11. The number of aromatic nitrogens is 1. The minimum absolute atomic E-state index is 0.141.